The lowest BCUT2D eigenvalue weighted by molar-refractivity contribution is 0.687. The highest BCUT2D eigenvalue weighted by Gasteiger charge is 2.05. The van der Waals surface area contributed by atoms with Crippen LogP contribution in [0.25, 0.3) is 0 Å². The van der Waals surface area contributed by atoms with Crippen LogP contribution in [0.5, 0.6) is 0 Å². The van der Waals surface area contributed by atoms with E-state index in [1.54, 1.807) is 6.20 Å². The zero-order chi connectivity index (χ0) is 17.8. The number of hydrogen-bond acceptors (Lipinski definition) is 2. The van der Waals surface area contributed by atoms with Crippen LogP contribution in [0, 0.1) is 20.8 Å². The number of aryl methyl sites for hydroxylation is 3. The van der Waals surface area contributed by atoms with Crippen molar-refractivity contribution >= 4 is 28.7 Å². The molecule has 25 heavy (non-hydrogen) atoms. The summed E-state index contributed by atoms with van der Waals surface area (Å²) in [6.07, 6.45) is 3.74. The molecule has 128 valence electrons. The molecule has 0 spiro atoms. The van der Waals surface area contributed by atoms with E-state index in [1.165, 1.54) is 16.7 Å². The molecule has 0 amide bonds. The van der Waals surface area contributed by atoms with Gasteiger partial charge in [-0.3, -0.25) is 4.68 Å². The predicted molar refractivity (Wildman–Crippen MR) is 108 cm³/mol. The molecule has 0 fully saturated rings. The summed E-state index contributed by atoms with van der Waals surface area (Å²) >= 11 is 5.41. The van der Waals surface area contributed by atoms with Gasteiger partial charge in [0.15, 0.2) is 5.11 Å². The van der Waals surface area contributed by atoms with Gasteiger partial charge in [-0.25, -0.2) is 0 Å². The maximum Gasteiger partial charge on any atom is 0.175 e. The molecule has 2 N–H and O–H groups in total. The van der Waals surface area contributed by atoms with Crippen LogP contribution < -0.4 is 10.6 Å². The van der Waals surface area contributed by atoms with Gasteiger partial charge >= 0.3 is 0 Å². The van der Waals surface area contributed by atoms with Crippen molar-refractivity contribution in [2.45, 2.75) is 27.3 Å². The standard InChI is InChI=1S/C20H22N4S/c1-14-5-8-17(9-6-14)12-24-13-18(11-21-24)22-20(25)23-19-10-15(2)4-7-16(19)3/h4-11,13H,12H2,1-3H3,(H2,22,23,25). The lowest BCUT2D eigenvalue weighted by Gasteiger charge is -2.12. The minimum atomic E-state index is 0.559. The highest BCUT2D eigenvalue weighted by molar-refractivity contribution is 7.80. The maximum atomic E-state index is 5.41. The molecule has 0 atom stereocenters. The minimum Gasteiger partial charge on any atom is -0.332 e. The average molecular weight is 350 g/mol. The molecular formula is C20H22N4S. The molecule has 0 unspecified atom stereocenters. The second-order valence-corrected chi connectivity index (χ2v) is 6.72. The van der Waals surface area contributed by atoms with E-state index in [1.807, 2.05) is 10.9 Å². The highest BCUT2D eigenvalue weighted by Crippen LogP contribution is 2.17. The van der Waals surface area contributed by atoms with E-state index in [4.69, 9.17) is 12.2 Å². The van der Waals surface area contributed by atoms with Gasteiger partial charge in [0, 0.05) is 11.9 Å². The molecule has 4 nitrogen and oxygen atoms in total. The Labute approximate surface area is 153 Å². The zero-order valence-corrected chi connectivity index (χ0v) is 15.5. The zero-order valence-electron chi connectivity index (χ0n) is 14.7. The summed E-state index contributed by atoms with van der Waals surface area (Å²) in [5, 5.41) is 11.4. The van der Waals surface area contributed by atoms with E-state index < -0.39 is 0 Å². The van der Waals surface area contributed by atoms with Gasteiger partial charge in [-0.2, -0.15) is 5.10 Å². The molecule has 1 aromatic heterocycles. The van der Waals surface area contributed by atoms with E-state index in [9.17, 15) is 0 Å². The fourth-order valence-corrected chi connectivity index (χ4v) is 2.78. The summed E-state index contributed by atoms with van der Waals surface area (Å²) in [4.78, 5) is 0. The Bertz CT molecular complexity index is 881. The van der Waals surface area contributed by atoms with Gasteiger partial charge in [0.2, 0.25) is 0 Å². The Morgan fingerprint density at radius 2 is 1.72 bits per heavy atom. The van der Waals surface area contributed by atoms with E-state index in [0.29, 0.717) is 5.11 Å². The summed E-state index contributed by atoms with van der Waals surface area (Å²) in [5.41, 5.74) is 6.72. The van der Waals surface area contributed by atoms with Crippen LogP contribution in [0.2, 0.25) is 0 Å². The van der Waals surface area contributed by atoms with Crippen LogP contribution in [0.15, 0.2) is 54.9 Å². The number of nitrogens with zero attached hydrogens (tertiary/aromatic N) is 2. The lowest BCUT2D eigenvalue weighted by atomic mass is 10.1. The van der Waals surface area contributed by atoms with Crippen molar-refractivity contribution in [3.05, 3.63) is 77.1 Å². The second-order valence-electron chi connectivity index (χ2n) is 6.31. The SMILES string of the molecule is Cc1ccc(Cn2cc(NC(=S)Nc3cc(C)ccc3C)cn2)cc1. The van der Waals surface area contributed by atoms with Crippen LogP contribution in [-0.4, -0.2) is 14.9 Å². The Kier molecular flexibility index (Phi) is 5.14. The first-order valence-corrected chi connectivity index (χ1v) is 8.64. The minimum absolute atomic E-state index is 0.559. The van der Waals surface area contributed by atoms with E-state index >= 15 is 0 Å². The van der Waals surface area contributed by atoms with E-state index in [2.05, 4.69) is 79.0 Å². The van der Waals surface area contributed by atoms with Crippen molar-refractivity contribution in [1.29, 1.82) is 0 Å². The average Bonchev–Trinajstić information content (AvgIpc) is 3.00. The van der Waals surface area contributed by atoms with Gasteiger partial charge in [-0.1, -0.05) is 42.0 Å². The summed E-state index contributed by atoms with van der Waals surface area (Å²) in [7, 11) is 0. The fraction of sp³-hybridized carbons (Fsp3) is 0.200. The second kappa shape index (κ2) is 7.49. The predicted octanol–water partition coefficient (Wildman–Crippen LogP) is 4.67. The molecule has 0 bridgehead atoms. The highest BCUT2D eigenvalue weighted by atomic mass is 32.1. The Balaban J connectivity index is 1.61. The van der Waals surface area contributed by atoms with Crippen LogP contribution in [0.4, 0.5) is 11.4 Å². The normalized spacial score (nSPS) is 10.5. The fourth-order valence-electron chi connectivity index (χ4n) is 2.55. The third kappa shape index (κ3) is 4.67. The first-order valence-electron chi connectivity index (χ1n) is 8.23. The summed E-state index contributed by atoms with van der Waals surface area (Å²) in [6, 6.07) is 14.7. The molecule has 0 saturated heterocycles. The monoisotopic (exact) mass is 350 g/mol. The Hall–Kier alpha value is -2.66. The van der Waals surface area contributed by atoms with Crippen molar-refractivity contribution in [2.75, 3.05) is 10.6 Å². The topological polar surface area (TPSA) is 41.9 Å². The molecule has 0 aliphatic heterocycles. The smallest absolute Gasteiger partial charge is 0.175 e. The number of aromatic nitrogens is 2. The molecule has 0 aliphatic carbocycles. The van der Waals surface area contributed by atoms with Crippen LogP contribution in [0.3, 0.4) is 0 Å². The largest absolute Gasteiger partial charge is 0.332 e. The van der Waals surface area contributed by atoms with E-state index in [-0.39, 0.29) is 0 Å². The van der Waals surface area contributed by atoms with Crippen molar-refractivity contribution < 1.29 is 0 Å². The van der Waals surface area contributed by atoms with Gasteiger partial charge in [0.1, 0.15) is 0 Å². The molecular weight excluding hydrogens is 328 g/mol. The number of hydrogen-bond donors (Lipinski definition) is 2. The van der Waals surface area contributed by atoms with Gasteiger partial charge in [0.05, 0.1) is 18.4 Å². The van der Waals surface area contributed by atoms with Crippen molar-refractivity contribution in [1.82, 2.24) is 9.78 Å². The van der Waals surface area contributed by atoms with Gasteiger partial charge in [-0.15, -0.1) is 0 Å². The quantitative estimate of drug-likeness (QED) is 0.671. The van der Waals surface area contributed by atoms with Crippen LogP contribution >= 0.6 is 12.2 Å². The van der Waals surface area contributed by atoms with E-state index in [0.717, 1.165) is 23.5 Å². The van der Waals surface area contributed by atoms with Gasteiger partial charge in [-0.05, 0) is 55.7 Å². The van der Waals surface area contributed by atoms with Crippen molar-refractivity contribution in [3.63, 3.8) is 0 Å². The third-order valence-electron chi connectivity index (χ3n) is 4.00. The van der Waals surface area contributed by atoms with Crippen molar-refractivity contribution in [3.8, 4) is 0 Å². The number of anilines is 2. The van der Waals surface area contributed by atoms with Crippen molar-refractivity contribution in [2.24, 2.45) is 0 Å². The first-order chi connectivity index (χ1) is 12.0. The van der Waals surface area contributed by atoms with Crippen LogP contribution in [0.1, 0.15) is 22.3 Å². The molecule has 0 saturated carbocycles. The number of nitrogens with one attached hydrogen (secondary N) is 2. The number of benzene rings is 2. The lowest BCUT2D eigenvalue weighted by Crippen LogP contribution is -2.19. The molecule has 1 heterocycles. The molecule has 0 radical (unpaired) electrons. The maximum absolute atomic E-state index is 5.41. The number of thiocarbonyl (C=S) groups is 1. The Morgan fingerprint density at radius 1 is 1.00 bits per heavy atom. The molecule has 3 rings (SSSR count). The molecule has 0 aliphatic rings. The van der Waals surface area contributed by atoms with Gasteiger partial charge in [0.25, 0.3) is 0 Å². The van der Waals surface area contributed by atoms with Crippen LogP contribution in [-0.2, 0) is 6.54 Å². The molecule has 5 heteroatoms. The number of rotatable bonds is 4. The molecule has 2 aromatic carbocycles. The Morgan fingerprint density at radius 3 is 2.48 bits per heavy atom. The summed E-state index contributed by atoms with van der Waals surface area (Å²) in [5.74, 6) is 0. The first kappa shape index (κ1) is 17.2. The third-order valence-corrected chi connectivity index (χ3v) is 4.20. The summed E-state index contributed by atoms with van der Waals surface area (Å²) < 4.78 is 1.90. The van der Waals surface area contributed by atoms with Gasteiger partial charge < -0.3 is 10.6 Å². The summed E-state index contributed by atoms with van der Waals surface area (Å²) in [6.45, 7) is 6.95. The molecule has 3 aromatic rings.